The van der Waals surface area contributed by atoms with Crippen molar-refractivity contribution in [1.82, 2.24) is 0 Å². The fourth-order valence-corrected chi connectivity index (χ4v) is 9.08. The predicted molar refractivity (Wildman–Crippen MR) is 167 cm³/mol. The Morgan fingerprint density at radius 2 is 1.47 bits per heavy atom. The minimum atomic E-state index is 0.0298. The summed E-state index contributed by atoms with van der Waals surface area (Å²) in [5.74, 6) is 3.18. The average molecular weight is 567 g/mol. The first-order valence-electron chi connectivity index (χ1n) is 15.5. The van der Waals surface area contributed by atoms with Crippen LogP contribution in [0.5, 0.6) is 23.0 Å². The van der Waals surface area contributed by atoms with Gasteiger partial charge in [-0.25, -0.2) is 0 Å². The van der Waals surface area contributed by atoms with Gasteiger partial charge in [0, 0.05) is 43.6 Å². The van der Waals surface area contributed by atoms with E-state index in [1.54, 1.807) is 0 Å². The maximum absolute atomic E-state index is 11.6. The second-order valence-electron chi connectivity index (χ2n) is 13.2. The molecule has 2 fully saturated rings. The number of phenols is 4. The van der Waals surface area contributed by atoms with E-state index in [1.165, 1.54) is 41.8 Å². The van der Waals surface area contributed by atoms with Gasteiger partial charge >= 0.3 is 0 Å². The molecule has 0 radical (unpaired) electrons. The molecule has 4 aromatic carbocycles. The van der Waals surface area contributed by atoms with Crippen LogP contribution in [0, 0.1) is 23.7 Å². The molecule has 0 aliphatic heterocycles. The molecule has 5 atom stereocenters. The summed E-state index contributed by atoms with van der Waals surface area (Å²) < 4.78 is 6.62. The second-order valence-corrected chi connectivity index (χ2v) is 13.2. The lowest BCUT2D eigenvalue weighted by molar-refractivity contribution is 0.467. The van der Waals surface area contributed by atoms with Crippen molar-refractivity contribution in [1.29, 1.82) is 0 Å². The topological polar surface area (TPSA) is 94.1 Å². The van der Waals surface area contributed by atoms with E-state index in [9.17, 15) is 20.4 Å². The van der Waals surface area contributed by atoms with Crippen molar-refractivity contribution in [3.8, 4) is 34.1 Å². The number of phenolic OH excluding ortho intramolecular Hbond substituents is 4. The van der Waals surface area contributed by atoms with Gasteiger partial charge in [-0.15, -0.1) is 0 Å². The minimum Gasteiger partial charge on any atom is -0.507 e. The lowest BCUT2D eigenvalue weighted by Crippen LogP contribution is -2.06. The molecule has 5 aromatic rings. The fourth-order valence-electron chi connectivity index (χ4n) is 9.08. The first-order valence-corrected chi connectivity index (χ1v) is 15.5. The standard InChI is InChI=1S/C38H30O5/c39-25-12-14-27(41)35-33(25)32(34-26(40)13-15-28(42)36(34)37(35)31-19-4-1-2-5-20(19)31)22-6-3-7-29-30(22)23-11-10-18-21(38(23)43-29)9-8-17-16-24(17)18/h1,3-4,6-9,12-15,17,19-20,24,31,39-42H,2,5,10-11,16H2. The Balaban J connectivity index is 1.35. The highest BCUT2D eigenvalue weighted by molar-refractivity contribution is 6.24. The molecule has 5 nitrogen and oxygen atoms in total. The maximum Gasteiger partial charge on any atom is 0.138 e. The normalized spacial score (nSPS) is 26.5. The molecule has 212 valence electrons. The van der Waals surface area contributed by atoms with E-state index < -0.39 is 0 Å². The number of benzene rings is 4. The van der Waals surface area contributed by atoms with Crippen molar-refractivity contribution in [2.75, 3.05) is 0 Å². The van der Waals surface area contributed by atoms with Gasteiger partial charge in [0.15, 0.2) is 0 Å². The van der Waals surface area contributed by atoms with Gasteiger partial charge < -0.3 is 24.8 Å². The average Bonchev–Trinajstić information content (AvgIpc) is 3.93. The Kier molecular flexibility index (Phi) is 4.47. The Morgan fingerprint density at radius 1 is 0.744 bits per heavy atom. The first-order chi connectivity index (χ1) is 21.0. The molecule has 4 N–H and O–H groups in total. The fraction of sp³-hybridized carbons (Fsp3) is 0.263. The van der Waals surface area contributed by atoms with Gasteiger partial charge in [-0.05, 0) is 103 Å². The van der Waals surface area contributed by atoms with Crippen LogP contribution in [-0.4, -0.2) is 20.4 Å². The van der Waals surface area contributed by atoms with Crippen molar-refractivity contribution >= 4 is 38.1 Å². The molecular weight excluding hydrogens is 536 g/mol. The van der Waals surface area contributed by atoms with Gasteiger partial charge in [-0.1, -0.05) is 42.0 Å². The number of aromatic hydroxyl groups is 4. The summed E-state index contributed by atoms with van der Waals surface area (Å²) in [6.07, 6.45) is 14.1. The van der Waals surface area contributed by atoms with Crippen LogP contribution in [0.2, 0.25) is 0 Å². The van der Waals surface area contributed by atoms with E-state index in [4.69, 9.17) is 4.42 Å². The summed E-state index contributed by atoms with van der Waals surface area (Å²) in [6, 6.07) is 12.1. The lowest BCUT2D eigenvalue weighted by atomic mass is 9.81. The summed E-state index contributed by atoms with van der Waals surface area (Å²) in [7, 11) is 0. The van der Waals surface area contributed by atoms with Crippen molar-refractivity contribution in [2.45, 2.75) is 38.0 Å². The third kappa shape index (κ3) is 3.02. The molecule has 5 heteroatoms. The molecule has 1 aromatic heterocycles. The van der Waals surface area contributed by atoms with Crippen LogP contribution in [-0.2, 0) is 6.42 Å². The molecular formula is C38H30O5. The summed E-state index contributed by atoms with van der Waals surface area (Å²) in [6.45, 7) is 0. The highest BCUT2D eigenvalue weighted by Gasteiger charge is 2.52. The van der Waals surface area contributed by atoms with Crippen LogP contribution in [0.25, 0.3) is 49.2 Å². The third-order valence-corrected chi connectivity index (χ3v) is 11.1. The van der Waals surface area contributed by atoms with E-state index in [2.05, 4.69) is 24.3 Å². The van der Waals surface area contributed by atoms with Gasteiger partial charge in [-0.2, -0.15) is 0 Å². The van der Waals surface area contributed by atoms with Gasteiger partial charge in [0.1, 0.15) is 34.3 Å². The Morgan fingerprint density at radius 3 is 2.16 bits per heavy atom. The summed E-state index contributed by atoms with van der Waals surface area (Å²) >= 11 is 0. The number of aryl methyl sites for hydroxylation is 1. The Hall–Kier alpha value is -4.64. The summed E-state index contributed by atoms with van der Waals surface area (Å²) in [4.78, 5) is 0. The number of hydrogen-bond acceptors (Lipinski definition) is 5. The smallest absolute Gasteiger partial charge is 0.138 e. The van der Waals surface area contributed by atoms with Crippen molar-refractivity contribution in [2.24, 2.45) is 23.7 Å². The molecule has 1 heterocycles. The van der Waals surface area contributed by atoms with Crippen LogP contribution in [0.4, 0.5) is 0 Å². The van der Waals surface area contributed by atoms with Crippen molar-refractivity contribution < 1.29 is 24.8 Å². The van der Waals surface area contributed by atoms with E-state index in [0.29, 0.717) is 50.8 Å². The highest BCUT2D eigenvalue weighted by Crippen LogP contribution is 2.65. The Bertz CT molecular complexity index is 2120. The largest absolute Gasteiger partial charge is 0.507 e. The summed E-state index contributed by atoms with van der Waals surface area (Å²) in [5.41, 5.74) is 6.82. The zero-order chi connectivity index (χ0) is 28.7. The number of fused-ring (bicyclic) bond motifs is 9. The number of furan rings is 1. The summed E-state index contributed by atoms with van der Waals surface area (Å²) in [5, 5.41) is 49.2. The van der Waals surface area contributed by atoms with Crippen LogP contribution in [0.15, 0.2) is 76.8 Å². The molecule has 0 saturated heterocycles. The molecule has 5 aliphatic carbocycles. The zero-order valence-corrected chi connectivity index (χ0v) is 23.5. The van der Waals surface area contributed by atoms with Gasteiger partial charge in [0.2, 0.25) is 0 Å². The number of hydrogen-bond donors (Lipinski definition) is 4. The van der Waals surface area contributed by atoms with Crippen LogP contribution in [0.3, 0.4) is 0 Å². The van der Waals surface area contributed by atoms with Crippen LogP contribution >= 0.6 is 0 Å². The van der Waals surface area contributed by atoms with E-state index in [0.717, 1.165) is 59.1 Å². The molecule has 0 bridgehead atoms. The molecule has 43 heavy (non-hydrogen) atoms. The minimum absolute atomic E-state index is 0.0298. The lowest BCUT2D eigenvalue weighted by Gasteiger charge is -2.22. The predicted octanol–water partition coefficient (Wildman–Crippen LogP) is 8.81. The van der Waals surface area contributed by atoms with E-state index >= 15 is 0 Å². The van der Waals surface area contributed by atoms with Crippen LogP contribution < -0.4 is 0 Å². The molecule has 0 amide bonds. The zero-order valence-electron chi connectivity index (χ0n) is 23.5. The van der Waals surface area contributed by atoms with E-state index in [1.807, 2.05) is 18.2 Å². The molecule has 10 rings (SSSR count). The number of rotatable bonds is 2. The van der Waals surface area contributed by atoms with Crippen molar-refractivity contribution in [3.05, 3.63) is 89.2 Å². The maximum atomic E-state index is 11.6. The van der Waals surface area contributed by atoms with Gasteiger partial charge in [0.05, 0.1) is 0 Å². The monoisotopic (exact) mass is 566 g/mol. The molecule has 5 unspecified atom stereocenters. The molecule has 0 spiro atoms. The molecule has 5 aliphatic rings. The van der Waals surface area contributed by atoms with Crippen molar-refractivity contribution in [3.63, 3.8) is 0 Å². The van der Waals surface area contributed by atoms with E-state index in [-0.39, 0.29) is 28.9 Å². The first kappa shape index (κ1) is 23.9. The van der Waals surface area contributed by atoms with Gasteiger partial charge in [-0.3, -0.25) is 0 Å². The second kappa shape index (κ2) is 8.04. The SMILES string of the molecule is Oc1ccc(O)c2c(C3C4C=CCCC43)c3c(O)ccc(O)c3c(-c3cccc4oc5c(c34)CCC3=C5C=CC4CC34)c12. The molecule has 2 saturated carbocycles. The highest BCUT2D eigenvalue weighted by atomic mass is 16.3. The Labute approximate surface area is 247 Å². The quantitative estimate of drug-likeness (QED) is 0.0973. The number of allylic oxidation sites excluding steroid dienone is 6. The van der Waals surface area contributed by atoms with Crippen LogP contribution in [0.1, 0.15) is 48.5 Å². The van der Waals surface area contributed by atoms with Gasteiger partial charge in [0.25, 0.3) is 0 Å². The third-order valence-electron chi connectivity index (χ3n) is 11.1.